The molecule has 2 aromatic carbocycles. The van der Waals surface area contributed by atoms with Gasteiger partial charge < -0.3 is 20.1 Å². The van der Waals surface area contributed by atoms with Crippen molar-refractivity contribution in [1.29, 1.82) is 0 Å². The summed E-state index contributed by atoms with van der Waals surface area (Å²) in [5.74, 6) is 1.35. The monoisotopic (exact) mass is 348 g/mol. The lowest BCUT2D eigenvalue weighted by molar-refractivity contribution is -0.119. The number of methoxy groups -OCH3 is 2. The van der Waals surface area contributed by atoms with Gasteiger partial charge in [0.25, 0.3) is 0 Å². The number of ether oxygens (including phenoxy) is 2. The van der Waals surface area contributed by atoms with Crippen LogP contribution in [-0.4, -0.2) is 33.2 Å². The van der Waals surface area contributed by atoms with Gasteiger partial charge >= 0.3 is 0 Å². The molecule has 5 nitrogen and oxygen atoms in total. The summed E-state index contributed by atoms with van der Waals surface area (Å²) in [4.78, 5) is 11.9. The van der Waals surface area contributed by atoms with Crippen molar-refractivity contribution >= 4 is 23.2 Å². The van der Waals surface area contributed by atoms with Crippen LogP contribution in [0, 0.1) is 0 Å². The zero-order valence-electron chi connectivity index (χ0n) is 13.8. The number of amides is 1. The first-order chi connectivity index (χ1) is 11.6. The average Bonchev–Trinajstić information content (AvgIpc) is 2.60. The van der Waals surface area contributed by atoms with Crippen LogP contribution >= 0.6 is 11.6 Å². The molecule has 0 unspecified atom stereocenters. The normalized spacial score (nSPS) is 10.1. The van der Waals surface area contributed by atoms with E-state index in [0.29, 0.717) is 23.7 Å². The third-order valence-corrected chi connectivity index (χ3v) is 3.81. The highest BCUT2D eigenvalue weighted by Crippen LogP contribution is 2.27. The number of rotatable bonds is 8. The number of halogens is 1. The zero-order chi connectivity index (χ0) is 17.4. The molecule has 0 saturated carbocycles. The molecule has 0 spiro atoms. The Kier molecular flexibility index (Phi) is 6.75. The van der Waals surface area contributed by atoms with Gasteiger partial charge in [-0.1, -0.05) is 29.8 Å². The number of hydrogen-bond acceptors (Lipinski definition) is 4. The Bertz CT molecular complexity index is 692. The first-order valence-electron chi connectivity index (χ1n) is 7.60. The largest absolute Gasteiger partial charge is 0.496 e. The minimum absolute atomic E-state index is 0.0863. The molecular weight excluding hydrogens is 328 g/mol. The third-order valence-electron chi connectivity index (χ3n) is 3.51. The van der Waals surface area contributed by atoms with Gasteiger partial charge in [-0.3, -0.25) is 4.79 Å². The zero-order valence-corrected chi connectivity index (χ0v) is 14.5. The Morgan fingerprint density at radius 1 is 1.08 bits per heavy atom. The van der Waals surface area contributed by atoms with Gasteiger partial charge in [-0.15, -0.1) is 0 Å². The molecule has 0 fully saturated rings. The van der Waals surface area contributed by atoms with E-state index in [1.54, 1.807) is 26.4 Å². The van der Waals surface area contributed by atoms with Gasteiger partial charge in [0.15, 0.2) is 0 Å². The van der Waals surface area contributed by atoms with Crippen molar-refractivity contribution in [2.45, 2.75) is 6.42 Å². The minimum atomic E-state index is -0.0863. The number of hydrogen-bond donors (Lipinski definition) is 2. The van der Waals surface area contributed by atoms with Crippen molar-refractivity contribution in [3.05, 3.63) is 53.1 Å². The van der Waals surface area contributed by atoms with E-state index in [9.17, 15) is 4.79 Å². The molecule has 0 saturated heterocycles. The highest BCUT2D eigenvalue weighted by Gasteiger charge is 2.05. The van der Waals surface area contributed by atoms with Crippen LogP contribution in [0.1, 0.15) is 5.56 Å². The summed E-state index contributed by atoms with van der Waals surface area (Å²) >= 11 is 6.05. The quantitative estimate of drug-likeness (QED) is 0.769. The summed E-state index contributed by atoms with van der Waals surface area (Å²) in [7, 11) is 3.20. The molecule has 0 bridgehead atoms. The first-order valence-corrected chi connectivity index (χ1v) is 7.98. The second-order valence-electron chi connectivity index (χ2n) is 5.11. The highest BCUT2D eigenvalue weighted by atomic mass is 35.5. The van der Waals surface area contributed by atoms with Crippen molar-refractivity contribution in [2.24, 2.45) is 0 Å². The van der Waals surface area contributed by atoms with Gasteiger partial charge in [0.05, 0.1) is 25.8 Å². The van der Waals surface area contributed by atoms with Crippen molar-refractivity contribution in [3.8, 4) is 11.5 Å². The number of benzene rings is 2. The number of anilines is 1. The first kappa shape index (κ1) is 17.9. The molecule has 0 radical (unpaired) electrons. The SMILES string of the molecule is COc1ccc(NCC(=O)NCCc2ccccc2OC)cc1Cl. The predicted molar refractivity (Wildman–Crippen MR) is 96.2 cm³/mol. The summed E-state index contributed by atoms with van der Waals surface area (Å²) in [6.45, 7) is 0.721. The predicted octanol–water partition coefficient (Wildman–Crippen LogP) is 3.13. The van der Waals surface area contributed by atoms with Crippen LogP contribution in [0.2, 0.25) is 5.02 Å². The molecule has 0 atom stereocenters. The van der Waals surface area contributed by atoms with E-state index in [1.165, 1.54) is 0 Å². The molecule has 2 N–H and O–H groups in total. The topological polar surface area (TPSA) is 59.6 Å². The number of nitrogens with one attached hydrogen (secondary N) is 2. The van der Waals surface area contributed by atoms with Gasteiger partial charge in [-0.25, -0.2) is 0 Å². The highest BCUT2D eigenvalue weighted by molar-refractivity contribution is 6.32. The summed E-state index contributed by atoms with van der Waals surface area (Å²) in [5, 5.41) is 6.41. The summed E-state index contributed by atoms with van der Waals surface area (Å²) < 4.78 is 10.4. The molecule has 24 heavy (non-hydrogen) atoms. The number of carbonyl (C=O) groups is 1. The van der Waals surface area contributed by atoms with E-state index in [1.807, 2.05) is 30.3 Å². The van der Waals surface area contributed by atoms with Crippen molar-refractivity contribution in [3.63, 3.8) is 0 Å². The molecule has 1 amide bonds. The summed E-state index contributed by atoms with van der Waals surface area (Å²) in [6, 6.07) is 13.1. The number of para-hydroxylation sites is 1. The Balaban J connectivity index is 1.76. The van der Waals surface area contributed by atoms with Gasteiger partial charge in [0.2, 0.25) is 5.91 Å². The fourth-order valence-corrected chi connectivity index (χ4v) is 2.52. The van der Waals surface area contributed by atoms with E-state index < -0.39 is 0 Å². The lowest BCUT2D eigenvalue weighted by Gasteiger charge is -2.11. The van der Waals surface area contributed by atoms with Gasteiger partial charge in [0.1, 0.15) is 11.5 Å². The lowest BCUT2D eigenvalue weighted by atomic mass is 10.1. The smallest absolute Gasteiger partial charge is 0.239 e. The molecule has 2 aromatic rings. The molecule has 0 aliphatic carbocycles. The van der Waals surface area contributed by atoms with Gasteiger partial charge in [0, 0.05) is 12.2 Å². The fourth-order valence-electron chi connectivity index (χ4n) is 2.27. The van der Waals surface area contributed by atoms with Crippen molar-refractivity contribution in [2.75, 3.05) is 32.6 Å². The standard InChI is InChI=1S/C18H21ClN2O3/c1-23-16-6-4-3-5-13(16)9-10-20-18(22)12-21-14-7-8-17(24-2)15(19)11-14/h3-8,11,21H,9-10,12H2,1-2H3,(H,20,22). The second-order valence-corrected chi connectivity index (χ2v) is 5.52. The maximum atomic E-state index is 11.9. The van der Waals surface area contributed by atoms with E-state index in [-0.39, 0.29) is 12.5 Å². The molecule has 0 heterocycles. The summed E-state index contributed by atoms with van der Waals surface area (Å²) in [6.07, 6.45) is 0.712. The Morgan fingerprint density at radius 2 is 1.83 bits per heavy atom. The van der Waals surface area contributed by atoms with Crippen LogP contribution in [0.4, 0.5) is 5.69 Å². The van der Waals surface area contributed by atoms with Gasteiger partial charge in [-0.05, 0) is 36.2 Å². The van der Waals surface area contributed by atoms with E-state index >= 15 is 0 Å². The number of carbonyl (C=O) groups excluding carboxylic acids is 1. The van der Waals surface area contributed by atoms with E-state index in [2.05, 4.69) is 10.6 Å². The Labute approximate surface area is 146 Å². The molecule has 6 heteroatoms. The van der Waals surface area contributed by atoms with Crippen molar-refractivity contribution in [1.82, 2.24) is 5.32 Å². The van der Waals surface area contributed by atoms with E-state index in [0.717, 1.165) is 17.0 Å². The summed E-state index contributed by atoms with van der Waals surface area (Å²) in [5.41, 5.74) is 1.83. The van der Waals surface area contributed by atoms with Crippen LogP contribution in [-0.2, 0) is 11.2 Å². The maximum absolute atomic E-state index is 11.9. The second kappa shape index (κ2) is 9.03. The molecule has 2 rings (SSSR count). The fraction of sp³-hybridized carbons (Fsp3) is 0.278. The molecular formula is C18H21ClN2O3. The van der Waals surface area contributed by atoms with Crippen LogP contribution in [0.15, 0.2) is 42.5 Å². The van der Waals surface area contributed by atoms with Crippen LogP contribution < -0.4 is 20.1 Å². The molecule has 0 aliphatic rings. The average molecular weight is 349 g/mol. The Morgan fingerprint density at radius 3 is 2.54 bits per heavy atom. The molecule has 0 aliphatic heterocycles. The maximum Gasteiger partial charge on any atom is 0.239 e. The van der Waals surface area contributed by atoms with Crippen LogP contribution in [0.5, 0.6) is 11.5 Å². The third kappa shape index (κ3) is 5.06. The van der Waals surface area contributed by atoms with Crippen molar-refractivity contribution < 1.29 is 14.3 Å². The van der Waals surface area contributed by atoms with Gasteiger partial charge in [-0.2, -0.15) is 0 Å². The lowest BCUT2D eigenvalue weighted by Crippen LogP contribution is -2.31. The molecule has 0 aromatic heterocycles. The minimum Gasteiger partial charge on any atom is -0.496 e. The molecule has 128 valence electrons. The van der Waals surface area contributed by atoms with Crippen LogP contribution in [0.25, 0.3) is 0 Å². The Hall–Kier alpha value is -2.40. The van der Waals surface area contributed by atoms with Crippen LogP contribution in [0.3, 0.4) is 0 Å². The van der Waals surface area contributed by atoms with E-state index in [4.69, 9.17) is 21.1 Å².